The van der Waals surface area contributed by atoms with Crippen LogP contribution in [-0.2, 0) is 19.0 Å². The molecule has 0 aliphatic carbocycles. The highest BCUT2D eigenvalue weighted by molar-refractivity contribution is 5.73. The van der Waals surface area contributed by atoms with E-state index >= 15 is 0 Å². The number of ether oxygens (including phenoxy) is 3. The van der Waals surface area contributed by atoms with Gasteiger partial charge in [0, 0.05) is 0 Å². The molecule has 0 bridgehead atoms. The maximum atomic E-state index is 10.6. The van der Waals surface area contributed by atoms with Gasteiger partial charge in [0.15, 0.2) is 18.2 Å². The number of hydrogen-bond acceptors (Lipinski definition) is 5. The fraction of sp³-hybridized carbons (Fsp3) is 0.875. The first-order valence-corrected chi connectivity index (χ1v) is 4.33. The third-order valence-electron chi connectivity index (χ3n) is 2.26. The third-order valence-corrected chi connectivity index (χ3v) is 2.26. The molecule has 0 unspecified atom stereocenters. The zero-order valence-electron chi connectivity index (χ0n) is 7.84. The first kappa shape index (κ1) is 9.85. The van der Waals surface area contributed by atoms with Gasteiger partial charge in [-0.15, -0.1) is 0 Å². The molecule has 0 spiro atoms. The van der Waals surface area contributed by atoms with Crippen LogP contribution >= 0.6 is 0 Å². The maximum Gasteiger partial charge on any atom is 0.335 e. The summed E-state index contributed by atoms with van der Waals surface area (Å²) in [4.78, 5) is 10.6. The minimum Gasteiger partial charge on any atom is -0.479 e. The molecule has 2 fully saturated rings. The summed E-state index contributed by atoms with van der Waals surface area (Å²) in [7, 11) is 0. The van der Waals surface area contributed by atoms with Crippen LogP contribution in [0.2, 0.25) is 0 Å². The van der Waals surface area contributed by atoms with E-state index in [1.165, 1.54) is 0 Å². The molecule has 2 aliphatic heterocycles. The van der Waals surface area contributed by atoms with E-state index in [1.807, 2.05) is 0 Å². The number of aliphatic hydroxyl groups excluding tert-OH is 1. The second kappa shape index (κ2) is 2.90. The van der Waals surface area contributed by atoms with E-state index in [1.54, 1.807) is 13.8 Å². The molecular weight excluding hydrogens is 192 g/mol. The summed E-state index contributed by atoms with van der Waals surface area (Å²) in [5.74, 6) is -2.04. The van der Waals surface area contributed by atoms with E-state index in [-0.39, 0.29) is 0 Å². The lowest BCUT2D eigenvalue weighted by molar-refractivity contribution is -0.219. The van der Waals surface area contributed by atoms with Gasteiger partial charge in [0.2, 0.25) is 0 Å². The van der Waals surface area contributed by atoms with Crippen molar-refractivity contribution in [2.24, 2.45) is 0 Å². The lowest BCUT2D eigenvalue weighted by Crippen LogP contribution is -2.38. The van der Waals surface area contributed by atoms with Crippen LogP contribution in [-0.4, -0.2) is 46.6 Å². The molecule has 2 aliphatic rings. The highest BCUT2D eigenvalue weighted by atomic mass is 16.8. The van der Waals surface area contributed by atoms with Gasteiger partial charge in [0.1, 0.15) is 12.2 Å². The number of rotatable bonds is 1. The van der Waals surface area contributed by atoms with Crippen molar-refractivity contribution in [3.63, 3.8) is 0 Å². The Bertz CT molecular complexity index is 263. The van der Waals surface area contributed by atoms with Gasteiger partial charge in [-0.25, -0.2) is 4.79 Å². The average molecular weight is 204 g/mol. The molecule has 2 saturated heterocycles. The van der Waals surface area contributed by atoms with E-state index in [0.717, 1.165) is 0 Å². The number of aliphatic carboxylic acids is 1. The molecule has 6 heteroatoms. The topological polar surface area (TPSA) is 85.2 Å². The van der Waals surface area contributed by atoms with Gasteiger partial charge in [-0.05, 0) is 13.8 Å². The molecule has 0 amide bonds. The van der Waals surface area contributed by atoms with Gasteiger partial charge in [0.05, 0.1) is 0 Å². The molecule has 2 heterocycles. The Labute approximate surface area is 80.4 Å². The minimum atomic E-state index is -1.26. The lowest BCUT2D eigenvalue weighted by Gasteiger charge is -2.21. The van der Waals surface area contributed by atoms with E-state index in [2.05, 4.69) is 0 Å². The Morgan fingerprint density at radius 2 is 2.00 bits per heavy atom. The summed E-state index contributed by atoms with van der Waals surface area (Å²) in [6.07, 6.45) is -3.95. The third kappa shape index (κ3) is 1.40. The summed E-state index contributed by atoms with van der Waals surface area (Å²) in [5.41, 5.74) is 0. The number of aliphatic hydroxyl groups is 1. The summed E-state index contributed by atoms with van der Waals surface area (Å²) in [6.45, 7) is 3.36. The SMILES string of the molecule is CC1(C)O[C@@H]2O[C@@H](C(=O)O)[C@@H](O)[C@@H]2O1. The monoisotopic (exact) mass is 204 g/mol. The van der Waals surface area contributed by atoms with Gasteiger partial charge in [-0.2, -0.15) is 0 Å². The number of carboxylic acids is 1. The van der Waals surface area contributed by atoms with Crippen molar-refractivity contribution in [1.29, 1.82) is 0 Å². The molecule has 6 nitrogen and oxygen atoms in total. The van der Waals surface area contributed by atoms with Crippen LogP contribution in [0.25, 0.3) is 0 Å². The van der Waals surface area contributed by atoms with Crippen molar-refractivity contribution in [1.82, 2.24) is 0 Å². The molecular formula is C8H12O6. The van der Waals surface area contributed by atoms with E-state index in [0.29, 0.717) is 0 Å². The largest absolute Gasteiger partial charge is 0.479 e. The molecule has 4 atom stereocenters. The molecule has 2 N–H and O–H groups in total. The van der Waals surface area contributed by atoms with Crippen molar-refractivity contribution in [2.45, 2.75) is 44.2 Å². The van der Waals surface area contributed by atoms with Crippen LogP contribution in [0.1, 0.15) is 13.8 Å². The maximum absolute atomic E-state index is 10.6. The minimum absolute atomic E-state index is 0.717. The quantitative estimate of drug-likeness (QED) is 0.588. The van der Waals surface area contributed by atoms with E-state index in [4.69, 9.17) is 19.3 Å². The fourth-order valence-corrected chi connectivity index (χ4v) is 1.70. The zero-order valence-corrected chi connectivity index (χ0v) is 7.84. The number of hydrogen-bond donors (Lipinski definition) is 2. The molecule has 0 saturated carbocycles. The summed E-state index contributed by atoms with van der Waals surface area (Å²) in [5, 5.41) is 18.2. The van der Waals surface area contributed by atoms with Gasteiger partial charge < -0.3 is 24.4 Å². The summed E-state index contributed by atoms with van der Waals surface area (Å²) in [6, 6.07) is 0. The standard InChI is InChI=1S/C8H12O6/c1-8(2)13-5-3(9)4(6(10)11)12-7(5)14-8/h3-5,7,9H,1-2H3,(H,10,11)/t3-,4-,5+,7+/m1/s1. The fourth-order valence-electron chi connectivity index (χ4n) is 1.70. The molecule has 0 radical (unpaired) electrons. The van der Waals surface area contributed by atoms with Crippen molar-refractivity contribution in [3.05, 3.63) is 0 Å². The van der Waals surface area contributed by atoms with Gasteiger partial charge in [-0.3, -0.25) is 0 Å². The molecule has 80 valence electrons. The molecule has 14 heavy (non-hydrogen) atoms. The molecule has 0 aromatic rings. The Balaban J connectivity index is 2.11. The Hall–Kier alpha value is -0.690. The smallest absolute Gasteiger partial charge is 0.335 e. The molecule has 2 rings (SSSR count). The van der Waals surface area contributed by atoms with Crippen LogP contribution in [0.3, 0.4) is 0 Å². The van der Waals surface area contributed by atoms with Crippen molar-refractivity contribution in [3.8, 4) is 0 Å². The van der Waals surface area contributed by atoms with Crippen LogP contribution < -0.4 is 0 Å². The first-order chi connectivity index (χ1) is 6.41. The van der Waals surface area contributed by atoms with E-state index < -0.39 is 36.4 Å². The summed E-state index contributed by atoms with van der Waals surface area (Å²) < 4.78 is 15.6. The summed E-state index contributed by atoms with van der Waals surface area (Å²) >= 11 is 0. The lowest BCUT2D eigenvalue weighted by atomic mass is 10.1. The predicted molar refractivity (Wildman–Crippen MR) is 42.3 cm³/mol. The molecule has 0 aromatic carbocycles. The Kier molecular flexibility index (Phi) is 2.04. The Morgan fingerprint density at radius 3 is 2.50 bits per heavy atom. The predicted octanol–water partition coefficient (Wildman–Crippen LogP) is -0.692. The van der Waals surface area contributed by atoms with Gasteiger partial charge >= 0.3 is 5.97 Å². The highest BCUT2D eigenvalue weighted by Crippen LogP contribution is 2.37. The van der Waals surface area contributed by atoms with Gasteiger partial charge in [0.25, 0.3) is 0 Å². The number of carboxylic acid groups (broad SMARTS) is 1. The number of carbonyl (C=O) groups is 1. The first-order valence-electron chi connectivity index (χ1n) is 4.33. The highest BCUT2D eigenvalue weighted by Gasteiger charge is 2.56. The van der Waals surface area contributed by atoms with Crippen LogP contribution in [0.4, 0.5) is 0 Å². The normalized spacial score (nSPS) is 45.1. The Morgan fingerprint density at radius 1 is 1.36 bits per heavy atom. The van der Waals surface area contributed by atoms with Crippen molar-refractivity contribution >= 4 is 5.97 Å². The van der Waals surface area contributed by atoms with Crippen LogP contribution in [0.5, 0.6) is 0 Å². The van der Waals surface area contributed by atoms with E-state index in [9.17, 15) is 9.90 Å². The van der Waals surface area contributed by atoms with Crippen molar-refractivity contribution < 1.29 is 29.2 Å². The average Bonchev–Trinajstić information content (AvgIpc) is 2.46. The van der Waals surface area contributed by atoms with Crippen LogP contribution in [0, 0.1) is 0 Å². The van der Waals surface area contributed by atoms with Crippen LogP contribution in [0.15, 0.2) is 0 Å². The van der Waals surface area contributed by atoms with Gasteiger partial charge in [-0.1, -0.05) is 0 Å². The second-order valence-electron chi connectivity index (χ2n) is 3.85. The zero-order chi connectivity index (χ0) is 10.5. The second-order valence-corrected chi connectivity index (χ2v) is 3.85. The molecule has 0 aromatic heterocycles. The number of fused-ring (bicyclic) bond motifs is 1. The van der Waals surface area contributed by atoms with Crippen molar-refractivity contribution in [2.75, 3.05) is 0 Å².